The molecule has 2 nitrogen and oxygen atoms in total. The van der Waals surface area contributed by atoms with Crippen molar-refractivity contribution in [3.63, 3.8) is 0 Å². The Labute approximate surface area is 130 Å². The quantitative estimate of drug-likeness (QED) is 0.850. The molecule has 118 valence electrons. The third kappa shape index (κ3) is 4.92. The molecule has 2 aliphatic rings. The van der Waals surface area contributed by atoms with E-state index in [2.05, 4.69) is 56.6 Å². The van der Waals surface area contributed by atoms with Crippen molar-refractivity contribution in [2.75, 3.05) is 31.9 Å². The van der Waals surface area contributed by atoms with E-state index in [1.54, 1.807) is 0 Å². The Morgan fingerprint density at radius 3 is 2.35 bits per heavy atom. The van der Waals surface area contributed by atoms with Crippen molar-refractivity contribution in [1.29, 1.82) is 0 Å². The summed E-state index contributed by atoms with van der Waals surface area (Å²) in [7, 11) is 0. The Morgan fingerprint density at radius 1 is 1.15 bits per heavy atom. The van der Waals surface area contributed by atoms with Crippen molar-refractivity contribution in [2.45, 2.75) is 70.6 Å². The highest BCUT2D eigenvalue weighted by Crippen LogP contribution is 2.40. The molecule has 0 radical (unpaired) electrons. The molecule has 3 heteroatoms. The molecule has 0 atom stereocenters. The van der Waals surface area contributed by atoms with Crippen molar-refractivity contribution in [3.05, 3.63) is 0 Å². The highest BCUT2D eigenvalue weighted by molar-refractivity contribution is 8.00. The molecule has 0 unspecified atom stereocenters. The summed E-state index contributed by atoms with van der Waals surface area (Å²) in [6.07, 6.45) is 5.69. The van der Waals surface area contributed by atoms with Crippen LogP contribution in [-0.2, 0) is 0 Å². The molecule has 1 saturated heterocycles. The number of nitrogens with one attached hydrogen (secondary N) is 1. The number of hydrogen-bond acceptors (Lipinski definition) is 3. The van der Waals surface area contributed by atoms with E-state index in [9.17, 15) is 0 Å². The average Bonchev–Trinajstić information content (AvgIpc) is 2.73. The maximum absolute atomic E-state index is 3.78. The van der Waals surface area contributed by atoms with Gasteiger partial charge in [0.25, 0.3) is 0 Å². The van der Waals surface area contributed by atoms with Gasteiger partial charge < -0.3 is 10.2 Å². The monoisotopic (exact) mass is 298 g/mol. The first-order valence-corrected chi connectivity index (χ1v) is 9.30. The van der Waals surface area contributed by atoms with Gasteiger partial charge >= 0.3 is 0 Å². The molecule has 1 aliphatic heterocycles. The minimum absolute atomic E-state index is 0.243. The van der Waals surface area contributed by atoms with Crippen LogP contribution in [0, 0.1) is 5.41 Å². The lowest BCUT2D eigenvalue weighted by Crippen LogP contribution is -2.51. The van der Waals surface area contributed by atoms with Gasteiger partial charge in [-0.3, -0.25) is 0 Å². The smallest absolute Gasteiger partial charge is 0.0231 e. The zero-order chi connectivity index (χ0) is 14.9. The van der Waals surface area contributed by atoms with Crippen LogP contribution < -0.4 is 5.32 Å². The first-order chi connectivity index (χ1) is 9.20. The SMILES string of the molecule is CC(C)(C)NCC1(CN2CCSC(C)(C)C2)CCCC1. The van der Waals surface area contributed by atoms with Gasteiger partial charge in [-0.25, -0.2) is 0 Å². The Balaban J connectivity index is 1.95. The van der Waals surface area contributed by atoms with E-state index in [1.807, 2.05) is 0 Å². The summed E-state index contributed by atoms with van der Waals surface area (Å²) in [4.78, 5) is 2.74. The first kappa shape index (κ1) is 16.6. The van der Waals surface area contributed by atoms with Crippen molar-refractivity contribution in [2.24, 2.45) is 5.41 Å². The molecule has 2 rings (SSSR count). The molecule has 2 fully saturated rings. The van der Waals surface area contributed by atoms with Crippen molar-refractivity contribution < 1.29 is 0 Å². The maximum Gasteiger partial charge on any atom is 0.0231 e. The molecule has 0 amide bonds. The summed E-state index contributed by atoms with van der Waals surface area (Å²) in [6.45, 7) is 16.7. The molecule has 0 aromatic heterocycles. The van der Waals surface area contributed by atoms with Crippen LogP contribution in [0.15, 0.2) is 0 Å². The number of hydrogen-bond donors (Lipinski definition) is 1. The predicted octanol–water partition coefficient (Wildman–Crippen LogP) is 3.76. The molecule has 1 aliphatic carbocycles. The lowest BCUT2D eigenvalue weighted by atomic mass is 9.84. The first-order valence-electron chi connectivity index (χ1n) is 8.31. The molecule has 1 N–H and O–H groups in total. The van der Waals surface area contributed by atoms with Crippen LogP contribution in [0.4, 0.5) is 0 Å². The maximum atomic E-state index is 3.78. The molecule has 1 heterocycles. The Bertz CT molecular complexity index is 313. The second kappa shape index (κ2) is 6.18. The molecule has 0 bridgehead atoms. The highest BCUT2D eigenvalue weighted by Gasteiger charge is 2.38. The minimum Gasteiger partial charge on any atom is -0.311 e. The lowest BCUT2D eigenvalue weighted by Gasteiger charge is -2.43. The van der Waals surface area contributed by atoms with E-state index in [0.29, 0.717) is 10.2 Å². The van der Waals surface area contributed by atoms with Gasteiger partial charge in [-0.15, -0.1) is 0 Å². The van der Waals surface area contributed by atoms with Crippen LogP contribution >= 0.6 is 11.8 Å². The van der Waals surface area contributed by atoms with E-state index in [-0.39, 0.29) is 5.54 Å². The number of nitrogens with zero attached hydrogens (tertiary/aromatic N) is 1. The Hall–Kier alpha value is 0.270. The van der Waals surface area contributed by atoms with Gasteiger partial charge in [0.2, 0.25) is 0 Å². The van der Waals surface area contributed by atoms with E-state index in [1.165, 1.54) is 57.6 Å². The van der Waals surface area contributed by atoms with Crippen LogP contribution in [-0.4, -0.2) is 47.1 Å². The zero-order valence-electron chi connectivity index (χ0n) is 14.2. The standard InChI is InChI=1S/C17H34N2S/c1-15(2,3)18-12-17(8-6-7-9-17)14-19-10-11-20-16(4,5)13-19/h18H,6-14H2,1-5H3. The second-order valence-electron chi connectivity index (χ2n) is 8.63. The Morgan fingerprint density at radius 2 is 1.80 bits per heavy atom. The number of rotatable bonds is 4. The molecule has 1 saturated carbocycles. The van der Waals surface area contributed by atoms with Crippen molar-refractivity contribution >= 4 is 11.8 Å². The number of thioether (sulfide) groups is 1. The van der Waals surface area contributed by atoms with Crippen LogP contribution in [0.25, 0.3) is 0 Å². The largest absolute Gasteiger partial charge is 0.311 e. The molecular weight excluding hydrogens is 264 g/mol. The molecule has 0 aromatic rings. The lowest BCUT2D eigenvalue weighted by molar-refractivity contribution is 0.135. The van der Waals surface area contributed by atoms with Crippen molar-refractivity contribution in [3.8, 4) is 0 Å². The van der Waals surface area contributed by atoms with Gasteiger partial charge in [0.1, 0.15) is 0 Å². The van der Waals surface area contributed by atoms with Gasteiger partial charge in [-0.05, 0) is 52.9 Å². The van der Waals surface area contributed by atoms with Gasteiger partial charge in [0, 0.05) is 42.2 Å². The summed E-state index contributed by atoms with van der Waals surface area (Å²) in [5.74, 6) is 1.30. The van der Waals surface area contributed by atoms with Crippen LogP contribution in [0.5, 0.6) is 0 Å². The predicted molar refractivity (Wildman–Crippen MR) is 91.6 cm³/mol. The van der Waals surface area contributed by atoms with Crippen molar-refractivity contribution in [1.82, 2.24) is 10.2 Å². The molecule has 0 aromatic carbocycles. The fourth-order valence-electron chi connectivity index (χ4n) is 3.69. The van der Waals surface area contributed by atoms with Gasteiger partial charge in [-0.1, -0.05) is 12.8 Å². The van der Waals surface area contributed by atoms with Gasteiger partial charge in [0.05, 0.1) is 0 Å². The topological polar surface area (TPSA) is 15.3 Å². The van der Waals surface area contributed by atoms with Crippen LogP contribution in [0.1, 0.15) is 60.3 Å². The fraction of sp³-hybridized carbons (Fsp3) is 1.00. The molecular formula is C17H34N2S. The van der Waals surface area contributed by atoms with Gasteiger partial charge in [0.15, 0.2) is 0 Å². The van der Waals surface area contributed by atoms with Crippen LogP contribution in [0.2, 0.25) is 0 Å². The molecule has 20 heavy (non-hydrogen) atoms. The van der Waals surface area contributed by atoms with E-state index in [4.69, 9.17) is 0 Å². The summed E-state index contributed by atoms with van der Waals surface area (Å²) in [5.41, 5.74) is 0.776. The zero-order valence-corrected chi connectivity index (χ0v) is 15.0. The summed E-state index contributed by atoms with van der Waals surface area (Å²) in [6, 6.07) is 0. The second-order valence-corrected chi connectivity index (χ2v) is 10.4. The normalized spacial score (nSPS) is 26.9. The van der Waals surface area contributed by atoms with Crippen LogP contribution in [0.3, 0.4) is 0 Å². The molecule has 0 spiro atoms. The minimum atomic E-state index is 0.243. The average molecular weight is 299 g/mol. The third-order valence-electron chi connectivity index (χ3n) is 4.72. The van der Waals surface area contributed by atoms with E-state index in [0.717, 1.165) is 0 Å². The van der Waals surface area contributed by atoms with Gasteiger partial charge in [-0.2, -0.15) is 11.8 Å². The fourth-order valence-corrected chi connectivity index (χ4v) is 4.87. The van der Waals surface area contributed by atoms with E-state index < -0.39 is 0 Å². The third-order valence-corrected chi connectivity index (χ3v) is 6.02. The summed E-state index contributed by atoms with van der Waals surface area (Å²) in [5, 5.41) is 3.78. The summed E-state index contributed by atoms with van der Waals surface area (Å²) >= 11 is 2.14. The highest BCUT2D eigenvalue weighted by atomic mass is 32.2. The van der Waals surface area contributed by atoms with E-state index >= 15 is 0 Å². The Kier molecular flexibility index (Phi) is 5.14. The summed E-state index contributed by atoms with van der Waals surface area (Å²) < 4.78 is 0.440.